The number of hydrogen-bond donors (Lipinski definition) is 1. The molecule has 0 unspecified atom stereocenters. The first-order chi connectivity index (χ1) is 11.8. The van der Waals surface area contributed by atoms with Crippen LogP contribution < -0.4 is 0 Å². The minimum absolute atomic E-state index is 0.339. The van der Waals surface area contributed by atoms with Gasteiger partial charge in [-0.2, -0.15) is 0 Å². The van der Waals surface area contributed by atoms with Crippen molar-refractivity contribution in [3.8, 4) is 0 Å². The second-order valence-electron chi connectivity index (χ2n) is 6.44. The number of aryl methyl sites for hydroxylation is 1. The van der Waals surface area contributed by atoms with Crippen molar-refractivity contribution in [2.24, 2.45) is 0 Å². The summed E-state index contributed by atoms with van der Waals surface area (Å²) in [6.07, 6.45) is 6.39. The van der Waals surface area contributed by atoms with E-state index in [0.717, 1.165) is 54.3 Å². The minimum atomic E-state index is 0.339. The number of fused-ring (bicyclic) bond motifs is 1. The van der Waals surface area contributed by atoms with Crippen molar-refractivity contribution >= 4 is 11.0 Å². The van der Waals surface area contributed by atoms with E-state index in [2.05, 4.69) is 45.0 Å². The van der Waals surface area contributed by atoms with Gasteiger partial charge in [0, 0.05) is 19.2 Å². The topological polar surface area (TPSA) is 57.7 Å². The maximum Gasteiger partial charge on any atom is 0.128 e. The highest BCUT2D eigenvalue weighted by atomic mass is 15.2. The monoisotopic (exact) mass is 321 g/mol. The van der Waals surface area contributed by atoms with Gasteiger partial charge in [-0.05, 0) is 37.6 Å². The lowest BCUT2D eigenvalue weighted by atomic mass is 10.0. The van der Waals surface area contributed by atoms with E-state index in [1.165, 1.54) is 12.8 Å². The number of aromatic amines is 1. The van der Waals surface area contributed by atoms with Gasteiger partial charge in [-0.15, -0.1) is 0 Å². The fraction of sp³-hybridized carbons (Fsp3) is 0.421. The molecule has 24 heavy (non-hydrogen) atoms. The fourth-order valence-electron chi connectivity index (χ4n) is 3.53. The summed E-state index contributed by atoms with van der Waals surface area (Å²) in [6, 6.07) is 10.6. The van der Waals surface area contributed by atoms with E-state index in [0.29, 0.717) is 6.04 Å². The van der Waals surface area contributed by atoms with Gasteiger partial charge in [0.15, 0.2) is 0 Å². The first kappa shape index (κ1) is 15.3. The molecule has 3 heterocycles. The molecule has 0 amide bonds. The lowest BCUT2D eigenvalue weighted by Crippen LogP contribution is -2.34. The van der Waals surface area contributed by atoms with Crippen LogP contribution in [0.3, 0.4) is 0 Å². The maximum atomic E-state index is 4.83. The Bertz CT molecular complexity index is 792. The Morgan fingerprint density at radius 2 is 2.08 bits per heavy atom. The summed E-state index contributed by atoms with van der Waals surface area (Å²) in [5.41, 5.74) is 3.27. The van der Waals surface area contributed by atoms with Crippen LogP contribution in [0.5, 0.6) is 0 Å². The van der Waals surface area contributed by atoms with Crippen molar-refractivity contribution in [2.45, 2.75) is 45.2 Å². The third-order valence-electron chi connectivity index (χ3n) is 4.78. The molecule has 0 spiro atoms. The van der Waals surface area contributed by atoms with E-state index in [1.807, 2.05) is 18.3 Å². The van der Waals surface area contributed by atoms with Crippen molar-refractivity contribution in [1.29, 1.82) is 0 Å². The van der Waals surface area contributed by atoms with Gasteiger partial charge in [-0.1, -0.05) is 25.5 Å². The van der Waals surface area contributed by atoms with Gasteiger partial charge in [-0.25, -0.2) is 15.0 Å². The average molecular weight is 321 g/mol. The number of imidazole rings is 1. The summed E-state index contributed by atoms with van der Waals surface area (Å²) in [7, 11) is 0. The molecule has 4 rings (SSSR count). The number of H-pyrrole nitrogens is 1. The van der Waals surface area contributed by atoms with Crippen molar-refractivity contribution in [1.82, 2.24) is 24.8 Å². The van der Waals surface area contributed by atoms with Crippen LogP contribution in [0, 0.1) is 0 Å². The molecule has 0 aliphatic carbocycles. The van der Waals surface area contributed by atoms with Crippen molar-refractivity contribution < 1.29 is 0 Å². The first-order valence-electron chi connectivity index (χ1n) is 8.83. The summed E-state index contributed by atoms with van der Waals surface area (Å²) in [6.45, 7) is 4.04. The number of rotatable bonds is 4. The molecule has 1 fully saturated rings. The molecule has 0 saturated carbocycles. The van der Waals surface area contributed by atoms with Gasteiger partial charge in [-0.3, -0.25) is 4.90 Å². The number of hydrogen-bond acceptors (Lipinski definition) is 4. The molecule has 5 nitrogen and oxygen atoms in total. The largest absolute Gasteiger partial charge is 0.341 e. The van der Waals surface area contributed by atoms with Crippen LogP contribution in [0.2, 0.25) is 0 Å². The van der Waals surface area contributed by atoms with Crippen LogP contribution >= 0.6 is 0 Å². The summed E-state index contributed by atoms with van der Waals surface area (Å²) >= 11 is 0. The van der Waals surface area contributed by atoms with Gasteiger partial charge in [0.1, 0.15) is 11.6 Å². The Morgan fingerprint density at radius 3 is 2.96 bits per heavy atom. The van der Waals surface area contributed by atoms with Crippen LogP contribution in [-0.4, -0.2) is 31.4 Å². The highest BCUT2D eigenvalue weighted by Gasteiger charge is 2.26. The van der Waals surface area contributed by atoms with Crippen molar-refractivity contribution in [3.05, 3.63) is 53.9 Å². The Hall–Kier alpha value is -2.27. The predicted octanol–water partition coefficient (Wildman–Crippen LogP) is 3.64. The highest BCUT2D eigenvalue weighted by molar-refractivity contribution is 5.74. The molecule has 0 bridgehead atoms. The average Bonchev–Trinajstić information content (AvgIpc) is 3.06. The lowest BCUT2D eigenvalue weighted by molar-refractivity contribution is 0.133. The van der Waals surface area contributed by atoms with Crippen LogP contribution in [0.15, 0.2) is 36.5 Å². The third kappa shape index (κ3) is 3.04. The summed E-state index contributed by atoms with van der Waals surface area (Å²) in [5.74, 6) is 2.01. The van der Waals surface area contributed by atoms with E-state index in [-0.39, 0.29) is 0 Å². The van der Waals surface area contributed by atoms with Gasteiger partial charge in [0.05, 0.1) is 22.8 Å². The third-order valence-corrected chi connectivity index (χ3v) is 4.78. The van der Waals surface area contributed by atoms with Crippen molar-refractivity contribution in [2.75, 3.05) is 6.54 Å². The molecule has 5 heteroatoms. The Balaban J connectivity index is 1.60. The van der Waals surface area contributed by atoms with E-state index in [1.54, 1.807) is 0 Å². The van der Waals surface area contributed by atoms with Crippen LogP contribution in [0.1, 0.15) is 49.6 Å². The van der Waals surface area contributed by atoms with E-state index in [4.69, 9.17) is 4.98 Å². The zero-order valence-electron chi connectivity index (χ0n) is 14.1. The number of piperidine rings is 1. The fourth-order valence-corrected chi connectivity index (χ4v) is 3.53. The highest BCUT2D eigenvalue weighted by Crippen LogP contribution is 2.31. The number of nitrogens with zero attached hydrogens (tertiary/aromatic N) is 4. The summed E-state index contributed by atoms with van der Waals surface area (Å²) in [4.78, 5) is 19.8. The minimum Gasteiger partial charge on any atom is -0.341 e. The summed E-state index contributed by atoms with van der Waals surface area (Å²) < 4.78 is 0. The van der Waals surface area contributed by atoms with Gasteiger partial charge in [0.25, 0.3) is 0 Å². The van der Waals surface area contributed by atoms with Gasteiger partial charge >= 0.3 is 0 Å². The molecule has 1 aliphatic heterocycles. The SMILES string of the molecule is CCc1nccc(CN2CCCC[C@@H]2c2nc3ccccc3[nH]2)n1. The Kier molecular flexibility index (Phi) is 4.26. The second-order valence-corrected chi connectivity index (χ2v) is 6.44. The normalized spacial score (nSPS) is 19.0. The molecule has 1 N–H and O–H groups in total. The number of benzene rings is 1. The first-order valence-corrected chi connectivity index (χ1v) is 8.83. The van der Waals surface area contributed by atoms with Crippen LogP contribution in [0.25, 0.3) is 11.0 Å². The quantitative estimate of drug-likeness (QED) is 0.797. The molecular weight excluding hydrogens is 298 g/mol. The molecule has 124 valence electrons. The zero-order valence-corrected chi connectivity index (χ0v) is 14.1. The Morgan fingerprint density at radius 1 is 1.17 bits per heavy atom. The maximum absolute atomic E-state index is 4.83. The smallest absolute Gasteiger partial charge is 0.128 e. The van der Waals surface area contributed by atoms with Gasteiger partial charge in [0.2, 0.25) is 0 Å². The molecule has 3 aromatic rings. The molecular formula is C19H23N5. The van der Waals surface area contributed by atoms with Crippen LogP contribution in [-0.2, 0) is 13.0 Å². The molecule has 1 saturated heterocycles. The van der Waals surface area contributed by atoms with Gasteiger partial charge < -0.3 is 4.98 Å². The Labute approximate surface area is 142 Å². The lowest BCUT2D eigenvalue weighted by Gasteiger charge is -2.34. The molecule has 1 aliphatic rings. The van der Waals surface area contributed by atoms with E-state index >= 15 is 0 Å². The number of aromatic nitrogens is 4. The molecule has 2 aromatic heterocycles. The number of para-hydroxylation sites is 2. The van der Waals surface area contributed by atoms with E-state index < -0.39 is 0 Å². The zero-order chi connectivity index (χ0) is 16.4. The summed E-state index contributed by atoms with van der Waals surface area (Å²) in [5, 5.41) is 0. The molecule has 1 atom stereocenters. The molecule has 0 radical (unpaired) electrons. The predicted molar refractivity (Wildman–Crippen MR) is 94.5 cm³/mol. The molecule has 1 aromatic carbocycles. The number of nitrogens with one attached hydrogen (secondary N) is 1. The number of likely N-dealkylation sites (tertiary alicyclic amines) is 1. The second kappa shape index (κ2) is 6.69. The van der Waals surface area contributed by atoms with E-state index in [9.17, 15) is 0 Å². The van der Waals surface area contributed by atoms with Crippen LogP contribution in [0.4, 0.5) is 0 Å². The van der Waals surface area contributed by atoms with Crippen molar-refractivity contribution in [3.63, 3.8) is 0 Å². The standard InChI is InChI=1S/C19H23N5/c1-2-18-20-11-10-14(21-18)13-24-12-6-5-9-17(24)19-22-15-7-3-4-8-16(15)23-19/h3-4,7-8,10-11,17H,2,5-6,9,12-13H2,1H3,(H,22,23)/t17-/m1/s1.